The van der Waals surface area contributed by atoms with Gasteiger partial charge in [0, 0.05) is 24.4 Å². The van der Waals surface area contributed by atoms with Crippen molar-refractivity contribution in [3.63, 3.8) is 0 Å². The standard InChI is InChI=1S/C19H18BrNO3/c1-24-14-10-19(11-14,12-6-8-13(20)9-7-12)21-17(22)15-4-2-3-5-16(15)18(21)23/h2-9,14-16H,10-11H2,1H3. The number of halogens is 1. The molecule has 2 aliphatic carbocycles. The molecule has 1 aromatic rings. The molecule has 1 saturated carbocycles. The average molecular weight is 388 g/mol. The van der Waals surface area contributed by atoms with E-state index < -0.39 is 5.54 Å². The van der Waals surface area contributed by atoms with E-state index in [0.717, 1.165) is 10.0 Å². The Balaban J connectivity index is 1.76. The summed E-state index contributed by atoms with van der Waals surface area (Å²) < 4.78 is 6.42. The summed E-state index contributed by atoms with van der Waals surface area (Å²) in [6.07, 6.45) is 8.74. The molecule has 5 heteroatoms. The summed E-state index contributed by atoms with van der Waals surface area (Å²) in [5, 5.41) is 0. The fraction of sp³-hybridized carbons (Fsp3) is 0.368. The molecule has 3 aliphatic rings. The number of hydrogen-bond acceptors (Lipinski definition) is 3. The highest BCUT2D eigenvalue weighted by Crippen LogP contribution is 2.51. The smallest absolute Gasteiger partial charge is 0.238 e. The Kier molecular flexibility index (Phi) is 3.73. The number of methoxy groups -OCH3 is 1. The number of rotatable bonds is 3. The normalized spacial score (nSPS) is 34.4. The lowest BCUT2D eigenvalue weighted by atomic mass is 9.68. The van der Waals surface area contributed by atoms with E-state index in [0.29, 0.717) is 12.8 Å². The van der Waals surface area contributed by atoms with Gasteiger partial charge >= 0.3 is 0 Å². The zero-order valence-corrected chi connectivity index (χ0v) is 14.9. The van der Waals surface area contributed by atoms with E-state index in [1.165, 1.54) is 4.90 Å². The van der Waals surface area contributed by atoms with Crippen molar-refractivity contribution in [2.75, 3.05) is 7.11 Å². The van der Waals surface area contributed by atoms with Crippen molar-refractivity contribution in [2.24, 2.45) is 11.8 Å². The zero-order valence-electron chi connectivity index (χ0n) is 13.3. The van der Waals surface area contributed by atoms with Crippen LogP contribution in [0.3, 0.4) is 0 Å². The van der Waals surface area contributed by atoms with Crippen LogP contribution in [-0.2, 0) is 19.9 Å². The Morgan fingerprint density at radius 2 is 1.58 bits per heavy atom. The van der Waals surface area contributed by atoms with Gasteiger partial charge < -0.3 is 4.74 Å². The summed E-state index contributed by atoms with van der Waals surface area (Å²) >= 11 is 3.44. The van der Waals surface area contributed by atoms with Gasteiger partial charge in [-0.1, -0.05) is 52.4 Å². The summed E-state index contributed by atoms with van der Waals surface area (Å²) in [6.45, 7) is 0. The molecule has 1 aliphatic heterocycles. The Morgan fingerprint density at radius 3 is 2.08 bits per heavy atom. The van der Waals surface area contributed by atoms with E-state index in [4.69, 9.17) is 4.74 Å². The number of imide groups is 1. The van der Waals surface area contributed by atoms with Crippen molar-refractivity contribution in [1.29, 1.82) is 0 Å². The maximum atomic E-state index is 13.0. The van der Waals surface area contributed by atoms with Crippen LogP contribution in [0.25, 0.3) is 0 Å². The van der Waals surface area contributed by atoms with Crippen molar-refractivity contribution in [2.45, 2.75) is 24.5 Å². The number of amides is 2. The number of hydrogen-bond donors (Lipinski definition) is 0. The van der Waals surface area contributed by atoms with Gasteiger partial charge in [-0.05, 0) is 17.7 Å². The van der Waals surface area contributed by atoms with E-state index in [9.17, 15) is 9.59 Å². The number of fused-ring (bicyclic) bond motifs is 1. The van der Waals surface area contributed by atoms with E-state index in [1.807, 2.05) is 48.6 Å². The first-order valence-electron chi connectivity index (χ1n) is 8.08. The molecule has 124 valence electrons. The van der Waals surface area contributed by atoms with Crippen molar-refractivity contribution in [1.82, 2.24) is 4.90 Å². The molecule has 4 rings (SSSR count). The molecular formula is C19H18BrNO3. The summed E-state index contributed by atoms with van der Waals surface area (Å²) in [5.41, 5.74) is 0.404. The quantitative estimate of drug-likeness (QED) is 0.748. The van der Waals surface area contributed by atoms with Crippen LogP contribution in [0, 0.1) is 11.8 Å². The molecule has 4 nitrogen and oxygen atoms in total. The highest BCUT2D eigenvalue weighted by atomic mass is 79.9. The molecule has 1 heterocycles. The lowest BCUT2D eigenvalue weighted by Crippen LogP contribution is -2.59. The molecular weight excluding hydrogens is 370 g/mol. The maximum Gasteiger partial charge on any atom is 0.238 e. The van der Waals surface area contributed by atoms with Crippen molar-refractivity contribution in [3.05, 3.63) is 58.6 Å². The first-order chi connectivity index (χ1) is 11.6. The van der Waals surface area contributed by atoms with Gasteiger partial charge in [0.1, 0.15) is 0 Å². The Hall–Kier alpha value is -1.72. The van der Waals surface area contributed by atoms with Crippen LogP contribution < -0.4 is 0 Å². The molecule has 2 atom stereocenters. The van der Waals surface area contributed by atoms with E-state index in [-0.39, 0.29) is 29.8 Å². The molecule has 0 bridgehead atoms. The van der Waals surface area contributed by atoms with Crippen LogP contribution >= 0.6 is 15.9 Å². The second-order valence-electron chi connectivity index (χ2n) is 6.64. The summed E-state index contributed by atoms with van der Waals surface area (Å²) in [6, 6.07) is 7.89. The third-order valence-corrected chi connectivity index (χ3v) is 5.95. The minimum atomic E-state index is -0.589. The van der Waals surface area contributed by atoms with Crippen LogP contribution in [-0.4, -0.2) is 29.9 Å². The van der Waals surface area contributed by atoms with Crippen molar-refractivity contribution < 1.29 is 14.3 Å². The number of carbonyl (C=O) groups excluding carboxylic acids is 2. The van der Waals surface area contributed by atoms with Gasteiger partial charge in [-0.3, -0.25) is 14.5 Å². The summed E-state index contributed by atoms with van der Waals surface area (Å²) in [5.74, 6) is -0.918. The molecule has 1 aromatic carbocycles. The van der Waals surface area contributed by atoms with Gasteiger partial charge in [0.25, 0.3) is 0 Å². The van der Waals surface area contributed by atoms with Crippen LogP contribution in [0.15, 0.2) is 53.0 Å². The Morgan fingerprint density at radius 1 is 1.04 bits per heavy atom. The highest BCUT2D eigenvalue weighted by molar-refractivity contribution is 9.10. The molecule has 0 radical (unpaired) electrons. The van der Waals surface area contributed by atoms with Gasteiger partial charge in [0.05, 0.1) is 23.5 Å². The topological polar surface area (TPSA) is 46.6 Å². The number of carbonyl (C=O) groups is 2. The second kappa shape index (κ2) is 5.67. The lowest BCUT2D eigenvalue weighted by molar-refractivity contribution is -0.160. The van der Waals surface area contributed by atoms with Crippen LogP contribution in [0.2, 0.25) is 0 Å². The molecule has 2 fully saturated rings. The average Bonchev–Trinajstić information content (AvgIpc) is 2.81. The molecule has 2 unspecified atom stereocenters. The first kappa shape index (κ1) is 15.8. The zero-order chi connectivity index (χ0) is 16.9. The largest absolute Gasteiger partial charge is 0.381 e. The van der Waals surface area contributed by atoms with Gasteiger partial charge in [-0.2, -0.15) is 0 Å². The molecule has 0 aromatic heterocycles. The number of nitrogens with zero attached hydrogens (tertiary/aromatic N) is 1. The lowest BCUT2D eigenvalue weighted by Gasteiger charge is -2.52. The predicted molar refractivity (Wildman–Crippen MR) is 93.0 cm³/mol. The fourth-order valence-corrected chi connectivity index (χ4v) is 4.34. The molecule has 24 heavy (non-hydrogen) atoms. The minimum absolute atomic E-state index is 0.0722. The number of benzene rings is 1. The van der Waals surface area contributed by atoms with Crippen LogP contribution in [0.5, 0.6) is 0 Å². The van der Waals surface area contributed by atoms with Crippen molar-refractivity contribution in [3.8, 4) is 0 Å². The third-order valence-electron chi connectivity index (χ3n) is 5.42. The highest BCUT2D eigenvalue weighted by Gasteiger charge is 2.60. The number of likely N-dealkylation sites (tertiary alicyclic amines) is 1. The summed E-state index contributed by atoms with van der Waals surface area (Å²) in [4.78, 5) is 27.5. The Labute approximate surface area is 149 Å². The number of ether oxygens (including phenoxy) is 1. The second-order valence-corrected chi connectivity index (χ2v) is 7.55. The van der Waals surface area contributed by atoms with Gasteiger partial charge in [0.15, 0.2) is 0 Å². The van der Waals surface area contributed by atoms with Gasteiger partial charge in [0.2, 0.25) is 11.8 Å². The van der Waals surface area contributed by atoms with Gasteiger partial charge in [-0.25, -0.2) is 0 Å². The van der Waals surface area contributed by atoms with Gasteiger partial charge in [-0.15, -0.1) is 0 Å². The minimum Gasteiger partial charge on any atom is -0.381 e. The van der Waals surface area contributed by atoms with Crippen molar-refractivity contribution >= 4 is 27.7 Å². The maximum absolute atomic E-state index is 13.0. The third kappa shape index (κ3) is 2.15. The molecule has 0 spiro atoms. The van der Waals surface area contributed by atoms with E-state index in [1.54, 1.807) is 7.11 Å². The molecule has 2 amide bonds. The van der Waals surface area contributed by atoms with E-state index in [2.05, 4.69) is 15.9 Å². The number of allylic oxidation sites excluding steroid dienone is 2. The molecule has 0 N–H and O–H groups in total. The SMILES string of the molecule is COC1CC(c2ccc(Br)cc2)(N2C(=O)C3C=CC=CC3C2=O)C1. The van der Waals surface area contributed by atoms with E-state index >= 15 is 0 Å². The Bertz CT molecular complexity index is 716. The first-order valence-corrected chi connectivity index (χ1v) is 8.88. The monoisotopic (exact) mass is 387 g/mol. The van der Waals surface area contributed by atoms with Crippen LogP contribution in [0.4, 0.5) is 0 Å². The molecule has 1 saturated heterocycles. The predicted octanol–water partition coefficient (Wildman–Crippen LogP) is 3.18. The fourth-order valence-electron chi connectivity index (χ4n) is 4.08. The van der Waals surface area contributed by atoms with Crippen LogP contribution in [0.1, 0.15) is 18.4 Å². The summed E-state index contributed by atoms with van der Waals surface area (Å²) in [7, 11) is 1.68.